The van der Waals surface area contributed by atoms with Crippen molar-refractivity contribution in [1.82, 2.24) is 14.7 Å². The quantitative estimate of drug-likeness (QED) is 0.587. The van der Waals surface area contributed by atoms with Crippen molar-refractivity contribution in [3.05, 3.63) is 0 Å². The number of hydrogen-bond donors (Lipinski definition) is 2. The van der Waals surface area contributed by atoms with Crippen LogP contribution in [0, 0.1) is 5.92 Å². The molecule has 7 nitrogen and oxygen atoms in total. The summed E-state index contributed by atoms with van der Waals surface area (Å²) < 4.78 is 26.9. The van der Waals surface area contributed by atoms with E-state index in [1.54, 1.807) is 20.8 Å². The lowest BCUT2D eigenvalue weighted by Gasteiger charge is -2.29. The van der Waals surface area contributed by atoms with Gasteiger partial charge in [-0.1, -0.05) is 6.92 Å². The Balaban J connectivity index is 2.71. The number of carbonyl (C=O) groups excluding carboxylic acids is 1. The van der Waals surface area contributed by atoms with Crippen LogP contribution in [-0.2, 0) is 15.6 Å². The Labute approximate surface area is 122 Å². The van der Waals surface area contributed by atoms with Gasteiger partial charge in [-0.15, -0.1) is 4.83 Å². The minimum atomic E-state index is -2.90. The zero-order chi connectivity index (χ0) is 15.5. The van der Waals surface area contributed by atoms with E-state index in [1.807, 2.05) is 7.05 Å². The van der Waals surface area contributed by atoms with E-state index in [9.17, 15) is 13.2 Å². The van der Waals surface area contributed by atoms with Gasteiger partial charge in [0, 0.05) is 12.6 Å². The topological polar surface area (TPSA) is 79.0 Å². The Morgan fingerprint density at radius 3 is 2.45 bits per heavy atom. The second kappa shape index (κ2) is 6.73. The van der Waals surface area contributed by atoms with Gasteiger partial charge in [-0.3, -0.25) is 0 Å². The first-order valence-corrected chi connectivity index (χ1v) is 7.87. The third-order valence-electron chi connectivity index (χ3n) is 3.11. The van der Waals surface area contributed by atoms with E-state index in [2.05, 4.69) is 16.7 Å². The maximum atomic E-state index is 12.0. The maximum Gasteiger partial charge on any atom is 0.425 e. The first-order valence-electron chi connectivity index (χ1n) is 6.70. The molecule has 1 N–H and O–H groups in total. The molecule has 0 aromatic rings. The molecule has 0 aliphatic carbocycles. The number of hydrazine groups is 1. The van der Waals surface area contributed by atoms with Gasteiger partial charge in [0.25, 0.3) is 0 Å². The fraction of sp³-hybridized carbons (Fsp3) is 0.917. The number of nitrogens with one attached hydrogen (secondary N) is 1. The van der Waals surface area contributed by atoms with Crippen LogP contribution in [-0.4, -0.2) is 56.2 Å². The summed E-state index contributed by atoms with van der Waals surface area (Å²) in [7, 11) is -0.932. The Morgan fingerprint density at radius 2 is 2.05 bits per heavy atom. The summed E-state index contributed by atoms with van der Waals surface area (Å²) in [5.41, 5.74) is -0.666. The van der Waals surface area contributed by atoms with Crippen molar-refractivity contribution in [3.63, 3.8) is 0 Å². The molecule has 0 aromatic heterocycles. The Morgan fingerprint density at radius 1 is 1.45 bits per heavy atom. The highest BCUT2D eigenvalue weighted by molar-refractivity contribution is 7.70. The summed E-state index contributed by atoms with van der Waals surface area (Å²) in [6, 6.07) is 0.125. The Hall–Kier alpha value is -0.860. The summed E-state index contributed by atoms with van der Waals surface area (Å²) in [5, 5.41) is 1.04. The molecule has 118 valence electrons. The van der Waals surface area contributed by atoms with Crippen molar-refractivity contribution < 1.29 is 17.9 Å². The SMILES string of the molecule is C[C@H]1C[C@@H](CN(N[SH](=O)=O)C(=O)OC(C)(C)C)N(C)C1. The molecule has 1 saturated heterocycles. The molecule has 1 aliphatic heterocycles. The lowest BCUT2D eigenvalue weighted by Crippen LogP contribution is -2.50. The van der Waals surface area contributed by atoms with E-state index < -0.39 is 22.6 Å². The summed E-state index contributed by atoms with van der Waals surface area (Å²) in [4.78, 5) is 16.3. The first kappa shape index (κ1) is 17.2. The van der Waals surface area contributed by atoms with Crippen LogP contribution < -0.4 is 4.83 Å². The molecule has 0 bridgehead atoms. The van der Waals surface area contributed by atoms with Gasteiger partial charge in [-0.2, -0.15) is 0 Å². The Kier molecular flexibility index (Phi) is 5.79. The van der Waals surface area contributed by atoms with Crippen molar-refractivity contribution in [2.45, 2.75) is 45.8 Å². The standard InChI is InChI=1S/C12H25N3O4S/c1-9-6-10(14(5)7-9)8-15(13-20(17)18)11(16)19-12(2,3)4/h9-10,20H,6-8H2,1-5H3,(H,13,17,18)/t9-,10-/m0/s1. The van der Waals surface area contributed by atoms with Crippen LogP contribution >= 0.6 is 0 Å². The molecule has 1 aliphatic rings. The van der Waals surface area contributed by atoms with Crippen LogP contribution in [0.2, 0.25) is 0 Å². The van der Waals surface area contributed by atoms with E-state index in [-0.39, 0.29) is 12.6 Å². The van der Waals surface area contributed by atoms with Crippen molar-refractivity contribution in [2.24, 2.45) is 5.92 Å². The fourth-order valence-corrected chi connectivity index (χ4v) is 2.72. The molecule has 0 unspecified atom stereocenters. The van der Waals surface area contributed by atoms with Crippen molar-refractivity contribution in [2.75, 3.05) is 20.1 Å². The predicted molar refractivity (Wildman–Crippen MR) is 76.6 cm³/mol. The molecule has 0 spiro atoms. The second-order valence-corrected chi connectivity index (χ2v) is 7.10. The van der Waals surface area contributed by atoms with E-state index in [1.165, 1.54) is 0 Å². The molecular weight excluding hydrogens is 282 g/mol. The van der Waals surface area contributed by atoms with Gasteiger partial charge in [0.15, 0.2) is 0 Å². The molecule has 2 atom stereocenters. The normalized spacial score (nSPS) is 24.1. The molecule has 0 saturated carbocycles. The number of ether oxygens (including phenoxy) is 1. The Bertz CT molecular complexity index is 411. The smallest absolute Gasteiger partial charge is 0.425 e. The number of hydrogen-bond acceptors (Lipinski definition) is 5. The highest BCUT2D eigenvalue weighted by atomic mass is 32.2. The third kappa shape index (κ3) is 5.64. The minimum Gasteiger partial charge on any atom is -0.443 e. The average molecular weight is 307 g/mol. The molecule has 20 heavy (non-hydrogen) atoms. The van der Waals surface area contributed by atoms with Crippen LogP contribution in [0.4, 0.5) is 4.79 Å². The zero-order valence-electron chi connectivity index (χ0n) is 12.8. The van der Waals surface area contributed by atoms with E-state index >= 15 is 0 Å². The average Bonchev–Trinajstić information content (AvgIpc) is 2.53. The van der Waals surface area contributed by atoms with Gasteiger partial charge in [0.1, 0.15) is 5.60 Å². The van der Waals surface area contributed by atoms with Crippen molar-refractivity contribution >= 4 is 17.0 Å². The van der Waals surface area contributed by atoms with Gasteiger partial charge in [0.2, 0.25) is 10.9 Å². The molecule has 0 radical (unpaired) electrons. The van der Waals surface area contributed by atoms with Gasteiger partial charge >= 0.3 is 6.09 Å². The number of rotatable bonds is 4. The first-order chi connectivity index (χ1) is 9.08. The predicted octanol–water partition coefficient (Wildman–Crippen LogP) is 0.595. The number of nitrogens with zero attached hydrogens (tertiary/aromatic N) is 2. The van der Waals surface area contributed by atoms with Crippen LogP contribution in [0.15, 0.2) is 0 Å². The molecule has 1 rings (SSSR count). The van der Waals surface area contributed by atoms with Crippen molar-refractivity contribution in [1.29, 1.82) is 0 Å². The van der Waals surface area contributed by atoms with E-state index in [0.29, 0.717) is 5.92 Å². The van der Waals surface area contributed by atoms with E-state index in [4.69, 9.17) is 4.74 Å². The number of likely N-dealkylation sites (N-methyl/N-ethyl adjacent to an activating group) is 1. The van der Waals surface area contributed by atoms with Crippen LogP contribution in [0.25, 0.3) is 0 Å². The molecular formula is C12H25N3O4S. The fourth-order valence-electron chi connectivity index (χ4n) is 2.36. The number of carbonyl (C=O) groups is 1. The highest BCUT2D eigenvalue weighted by Crippen LogP contribution is 2.21. The van der Waals surface area contributed by atoms with E-state index in [0.717, 1.165) is 18.0 Å². The molecule has 8 heteroatoms. The molecule has 1 heterocycles. The summed E-state index contributed by atoms with van der Waals surface area (Å²) in [5.74, 6) is 0.534. The summed E-state index contributed by atoms with van der Waals surface area (Å²) >= 11 is 0. The summed E-state index contributed by atoms with van der Waals surface area (Å²) in [6.45, 7) is 8.57. The minimum absolute atomic E-state index is 0.125. The lowest BCUT2D eigenvalue weighted by atomic mass is 10.1. The van der Waals surface area contributed by atoms with Gasteiger partial charge in [0.05, 0.1) is 6.54 Å². The van der Waals surface area contributed by atoms with Crippen molar-refractivity contribution in [3.8, 4) is 0 Å². The van der Waals surface area contributed by atoms with Crippen LogP contribution in [0.3, 0.4) is 0 Å². The van der Waals surface area contributed by atoms with Crippen LogP contribution in [0.5, 0.6) is 0 Å². The molecule has 1 fully saturated rings. The summed E-state index contributed by atoms with van der Waals surface area (Å²) in [6.07, 6.45) is 0.247. The largest absolute Gasteiger partial charge is 0.443 e. The number of amides is 1. The monoisotopic (exact) mass is 307 g/mol. The molecule has 1 amide bonds. The molecule has 0 aromatic carbocycles. The van der Waals surface area contributed by atoms with Crippen LogP contribution in [0.1, 0.15) is 34.1 Å². The number of thiol groups is 1. The third-order valence-corrected chi connectivity index (χ3v) is 3.51. The van der Waals surface area contributed by atoms with Gasteiger partial charge in [-0.05, 0) is 40.2 Å². The van der Waals surface area contributed by atoms with Gasteiger partial charge < -0.3 is 9.64 Å². The number of likely N-dealkylation sites (tertiary alicyclic amines) is 1. The highest BCUT2D eigenvalue weighted by Gasteiger charge is 2.31. The second-order valence-electron chi connectivity index (χ2n) is 6.38. The van der Waals surface area contributed by atoms with Gasteiger partial charge in [-0.25, -0.2) is 18.2 Å². The zero-order valence-corrected chi connectivity index (χ0v) is 13.6. The maximum absolute atomic E-state index is 12.0. The lowest BCUT2D eigenvalue weighted by molar-refractivity contribution is 0.0162.